The quantitative estimate of drug-likeness (QED) is 0.621. The van der Waals surface area contributed by atoms with E-state index in [4.69, 9.17) is 4.74 Å². The summed E-state index contributed by atoms with van der Waals surface area (Å²) in [5.74, 6) is -1.02. The summed E-state index contributed by atoms with van der Waals surface area (Å²) in [4.78, 5) is 38.3. The van der Waals surface area contributed by atoms with Crippen LogP contribution in [0.3, 0.4) is 0 Å². The van der Waals surface area contributed by atoms with Gasteiger partial charge >= 0.3 is 5.97 Å². The Hall–Kier alpha value is -2.89. The normalized spacial score (nSPS) is 11.9. The van der Waals surface area contributed by atoms with Crippen molar-refractivity contribution < 1.29 is 19.1 Å². The molecule has 0 fully saturated rings. The van der Waals surface area contributed by atoms with E-state index in [0.29, 0.717) is 11.3 Å². The molecule has 2 aromatic rings. The van der Waals surface area contributed by atoms with Gasteiger partial charge in [0.25, 0.3) is 5.91 Å². The van der Waals surface area contributed by atoms with E-state index in [2.05, 4.69) is 10.3 Å². The van der Waals surface area contributed by atoms with Gasteiger partial charge in [0.15, 0.2) is 11.9 Å². The van der Waals surface area contributed by atoms with Crippen molar-refractivity contribution >= 4 is 23.3 Å². The fraction of sp³-hybridized carbons (Fsp3) is 0.316. The van der Waals surface area contributed by atoms with E-state index < -0.39 is 18.0 Å². The number of ketones is 1. The number of amides is 1. The molecule has 0 unspecified atom stereocenters. The lowest BCUT2D eigenvalue weighted by atomic mass is 10.0. The average molecular weight is 342 g/mol. The lowest BCUT2D eigenvalue weighted by Gasteiger charge is -2.16. The van der Waals surface area contributed by atoms with Gasteiger partial charge in [-0.15, -0.1) is 0 Å². The molecule has 1 heterocycles. The minimum absolute atomic E-state index is 0.132. The molecule has 0 aliphatic rings. The van der Waals surface area contributed by atoms with Crippen molar-refractivity contribution in [3.63, 3.8) is 0 Å². The monoisotopic (exact) mass is 342 g/mol. The third kappa shape index (κ3) is 4.56. The molecule has 0 saturated carbocycles. The van der Waals surface area contributed by atoms with Crippen LogP contribution in [0.15, 0.2) is 36.5 Å². The molecule has 1 aromatic carbocycles. The molecular weight excluding hydrogens is 320 g/mol. The maximum atomic E-state index is 12.3. The number of H-pyrrole nitrogens is 1. The van der Waals surface area contributed by atoms with Crippen LogP contribution >= 0.6 is 0 Å². The zero-order valence-corrected chi connectivity index (χ0v) is 14.8. The molecule has 0 saturated heterocycles. The molecule has 1 atom stereocenters. The largest absolute Gasteiger partial charge is 0.448 e. The summed E-state index contributed by atoms with van der Waals surface area (Å²) in [6.45, 7) is 6.97. The number of ether oxygens (including phenoxy) is 1. The lowest BCUT2D eigenvalue weighted by molar-refractivity contribution is -0.123. The molecule has 0 spiro atoms. The fourth-order valence-electron chi connectivity index (χ4n) is 2.34. The third-order valence-corrected chi connectivity index (χ3v) is 3.80. The van der Waals surface area contributed by atoms with Crippen molar-refractivity contribution in [3.05, 3.63) is 53.3 Å². The molecule has 0 radical (unpaired) electrons. The van der Waals surface area contributed by atoms with Crippen LogP contribution in [0.1, 0.15) is 60.0 Å². The van der Waals surface area contributed by atoms with E-state index in [1.807, 2.05) is 38.1 Å². The summed E-state index contributed by atoms with van der Waals surface area (Å²) in [6, 6.07) is 8.90. The van der Waals surface area contributed by atoms with Crippen molar-refractivity contribution in [2.24, 2.45) is 0 Å². The predicted molar refractivity (Wildman–Crippen MR) is 94.8 cm³/mol. The molecule has 6 heteroatoms. The Kier molecular flexibility index (Phi) is 5.75. The first-order valence-corrected chi connectivity index (χ1v) is 8.09. The average Bonchev–Trinajstić information content (AvgIpc) is 3.05. The smallest absolute Gasteiger partial charge is 0.355 e. The first-order chi connectivity index (χ1) is 11.8. The highest BCUT2D eigenvalue weighted by molar-refractivity contribution is 5.99. The highest BCUT2D eigenvalue weighted by Gasteiger charge is 2.21. The third-order valence-electron chi connectivity index (χ3n) is 3.80. The maximum absolute atomic E-state index is 12.3. The van der Waals surface area contributed by atoms with Gasteiger partial charge in [-0.05, 0) is 37.5 Å². The van der Waals surface area contributed by atoms with Crippen LogP contribution in [0.4, 0.5) is 5.69 Å². The van der Waals surface area contributed by atoms with Crippen molar-refractivity contribution in [1.29, 1.82) is 0 Å². The highest BCUT2D eigenvalue weighted by atomic mass is 16.5. The van der Waals surface area contributed by atoms with Crippen LogP contribution in [-0.4, -0.2) is 28.7 Å². The number of hydrogen-bond acceptors (Lipinski definition) is 4. The van der Waals surface area contributed by atoms with E-state index >= 15 is 0 Å². The molecule has 132 valence electrons. The Morgan fingerprint density at radius 1 is 1.12 bits per heavy atom. The Bertz CT molecular complexity index is 792. The Balaban J connectivity index is 2.02. The number of aromatic nitrogens is 1. The van der Waals surface area contributed by atoms with Crippen LogP contribution in [-0.2, 0) is 9.53 Å². The minimum Gasteiger partial charge on any atom is -0.448 e. The number of rotatable bonds is 6. The van der Waals surface area contributed by atoms with Gasteiger partial charge in [-0.3, -0.25) is 9.59 Å². The van der Waals surface area contributed by atoms with E-state index in [1.165, 1.54) is 26.1 Å². The molecule has 1 aromatic heterocycles. The predicted octanol–water partition coefficient (Wildman–Crippen LogP) is 3.52. The molecule has 2 N–H and O–H groups in total. The molecule has 1 amide bonds. The van der Waals surface area contributed by atoms with Crippen LogP contribution in [0.2, 0.25) is 0 Å². The van der Waals surface area contributed by atoms with Crippen molar-refractivity contribution in [1.82, 2.24) is 4.98 Å². The van der Waals surface area contributed by atoms with E-state index in [0.717, 1.165) is 5.56 Å². The van der Waals surface area contributed by atoms with Gasteiger partial charge in [0.1, 0.15) is 5.69 Å². The Morgan fingerprint density at radius 2 is 1.80 bits per heavy atom. The second kappa shape index (κ2) is 7.79. The number of nitrogens with one attached hydrogen (secondary N) is 2. The van der Waals surface area contributed by atoms with Gasteiger partial charge in [-0.25, -0.2) is 4.79 Å². The number of benzene rings is 1. The first kappa shape index (κ1) is 18.4. The first-order valence-electron chi connectivity index (χ1n) is 8.09. The van der Waals surface area contributed by atoms with Crippen molar-refractivity contribution in [2.75, 3.05) is 5.32 Å². The van der Waals surface area contributed by atoms with Gasteiger partial charge in [0, 0.05) is 17.4 Å². The second-order valence-corrected chi connectivity index (χ2v) is 6.14. The fourth-order valence-corrected chi connectivity index (χ4v) is 2.34. The van der Waals surface area contributed by atoms with E-state index in [-0.39, 0.29) is 17.4 Å². The number of carbonyl (C=O) groups is 3. The molecule has 25 heavy (non-hydrogen) atoms. The van der Waals surface area contributed by atoms with Gasteiger partial charge in [-0.1, -0.05) is 32.0 Å². The number of anilines is 1. The summed E-state index contributed by atoms with van der Waals surface area (Å²) in [5.41, 5.74) is 2.22. The topological polar surface area (TPSA) is 88.3 Å². The van der Waals surface area contributed by atoms with Gasteiger partial charge < -0.3 is 15.0 Å². The summed E-state index contributed by atoms with van der Waals surface area (Å²) in [6.07, 6.45) is 0.458. The number of carbonyl (C=O) groups excluding carboxylic acids is 3. The maximum Gasteiger partial charge on any atom is 0.355 e. The Labute approximate surface area is 146 Å². The van der Waals surface area contributed by atoms with E-state index in [9.17, 15) is 14.4 Å². The SMILES string of the molecule is CC(=O)c1c[nH]c(C(=O)O[C@@H](C)C(=O)Nc2ccccc2C(C)C)c1. The zero-order chi connectivity index (χ0) is 18.6. The lowest BCUT2D eigenvalue weighted by Crippen LogP contribution is -2.30. The van der Waals surface area contributed by atoms with Gasteiger partial charge in [0.05, 0.1) is 0 Å². The van der Waals surface area contributed by atoms with Gasteiger partial charge in [0.2, 0.25) is 0 Å². The van der Waals surface area contributed by atoms with Crippen LogP contribution in [0, 0.1) is 0 Å². The molecular formula is C19H22N2O4. The number of para-hydroxylation sites is 1. The standard InChI is InChI=1S/C19H22N2O4/c1-11(2)15-7-5-6-8-16(15)21-18(23)13(4)25-19(24)17-9-14(10-20-17)12(3)22/h5-11,13,20H,1-4H3,(H,21,23)/t13-/m0/s1. The van der Waals surface area contributed by atoms with Crippen LogP contribution in [0.5, 0.6) is 0 Å². The zero-order valence-electron chi connectivity index (χ0n) is 14.8. The number of Topliss-reactive ketones (excluding diaryl/α,β-unsaturated/α-hetero) is 1. The molecule has 0 aliphatic carbocycles. The molecule has 6 nitrogen and oxygen atoms in total. The number of hydrogen-bond donors (Lipinski definition) is 2. The second-order valence-electron chi connectivity index (χ2n) is 6.14. The van der Waals surface area contributed by atoms with Crippen LogP contribution in [0.25, 0.3) is 0 Å². The molecule has 0 bridgehead atoms. The van der Waals surface area contributed by atoms with Crippen LogP contribution < -0.4 is 5.32 Å². The summed E-state index contributed by atoms with van der Waals surface area (Å²) < 4.78 is 5.17. The summed E-state index contributed by atoms with van der Waals surface area (Å²) >= 11 is 0. The number of esters is 1. The summed E-state index contributed by atoms with van der Waals surface area (Å²) in [5, 5.41) is 2.79. The Morgan fingerprint density at radius 3 is 2.40 bits per heavy atom. The van der Waals surface area contributed by atoms with Gasteiger partial charge in [-0.2, -0.15) is 0 Å². The molecule has 0 aliphatic heterocycles. The highest BCUT2D eigenvalue weighted by Crippen LogP contribution is 2.23. The summed E-state index contributed by atoms with van der Waals surface area (Å²) in [7, 11) is 0. The van der Waals surface area contributed by atoms with E-state index in [1.54, 1.807) is 0 Å². The van der Waals surface area contributed by atoms with Crippen molar-refractivity contribution in [3.8, 4) is 0 Å². The molecule has 2 rings (SSSR count). The van der Waals surface area contributed by atoms with Crippen molar-refractivity contribution in [2.45, 2.75) is 39.7 Å². The number of aromatic amines is 1. The minimum atomic E-state index is -0.975.